The van der Waals surface area contributed by atoms with Crippen LogP contribution in [0.2, 0.25) is 0 Å². The number of rotatable bonds is 3. The molecule has 6 heteroatoms. The fourth-order valence-corrected chi connectivity index (χ4v) is 3.63. The van der Waals surface area contributed by atoms with E-state index < -0.39 is 0 Å². The molecule has 0 spiro atoms. The SMILES string of the molecule is O=C(NC[C@H]1Cc2ccccc2O1)N1CCCC[C@@H]1c1cn[nH]c1. The highest BCUT2D eigenvalue weighted by Crippen LogP contribution is 2.31. The third-order valence-electron chi connectivity index (χ3n) is 4.86. The van der Waals surface area contributed by atoms with Crippen molar-refractivity contribution < 1.29 is 9.53 Å². The van der Waals surface area contributed by atoms with E-state index in [4.69, 9.17) is 4.74 Å². The molecule has 1 aromatic heterocycles. The van der Waals surface area contributed by atoms with Crippen LogP contribution in [0.3, 0.4) is 0 Å². The van der Waals surface area contributed by atoms with E-state index in [9.17, 15) is 4.79 Å². The summed E-state index contributed by atoms with van der Waals surface area (Å²) in [6.07, 6.45) is 7.73. The molecule has 0 bridgehead atoms. The molecular formula is C18H22N4O2. The van der Waals surface area contributed by atoms with Crippen LogP contribution >= 0.6 is 0 Å². The molecule has 2 aliphatic rings. The van der Waals surface area contributed by atoms with E-state index in [0.29, 0.717) is 6.54 Å². The fourth-order valence-electron chi connectivity index (χ4n) is 3.63. The number of nitrogens with zero attached hydrogens (tertiary/aromatic N) is 2. The quantitative estimate of drug-likeness (QED) is 0.911. The standard InChI is InChI=1S/C18H22N4O2/c23-18(19-12-15-9-13-5-1-2-7-17(13)24-15)22-8-4-3-6-16(22)14-10-20-21-11-14/h1-2,5,7,10-11,15-16H,3-4,6,8-9,12H2,(H,19,23)(H,20,21)/t15-,16-/m1/s1. The first-order chi connectivity index (χ1) is 11.8. The Morgan fingerprint density at radius 2 is 2.29 bits per heavy atom. The zero-order valence-corrected chi connectivity index (χ0v) is 13.6. The normalized spacial score (nSPS) is 22.8. The van der Waals surface area contributed by atoms with Crippen molar-refractivity contribution in [3.63, 3.8) is 0 Å². The van der Waals surface area contributed by atoms with E-state index in [1.807, 2.05) is 35.5 Å². The largest absolute Gasteiger partial charge is 0.488 e. The minimum absolute atomic E-state index is 0.0135. The summed E-state index contributed by atoms with van der Waals surface area (Å²) >= 11 is 0. The maximum absolute atomic E-state index is 12.7. The lowest BCUT2D eigenvalue weighted by molar-refractivity contribution is 0.145. The Morgan fingerprint density at radius 3 is 3.12 bits per heavy atom. The van der Waals surface area contributed by atoms with Crippen LogP contribution in [-0.4, -0.2) is 40.3 Å². The number of hydrogen-bond donors (Lipinski definition) is 2. The average Bonchev–Trinajstić information content (AvgIpc) is 3.28. The summed E-state index contributed by atoms with van der Waals surface area (Å²) in [7, 11) is 0. The minimum Gasteiger partial charge on any atom is -0.488 e. The Kier molecular flexibility index (Phi) is 4.11. The monoisotopic (exact) mass is 326 g/mol. The molecule has 24 heavy (non-hydrogen) atoms. The molecule has 2 amide bonds. The average molecular weight is 326 g/mol. The van der Waals surface area contributed by atoms with E-state index >= 15 is 0 Å². The van der Waals surface area contributed by atoms with Crippen LogP contribution in [0.4, 0.5) is 4.79 Å². The summed E-state index contributed by atoms with van der Waals surface area (Å²) in [5, 5.41) is 9.92. The highest BCUT2D eigenvalue weighted by Gasteiger charge is 2.30. The van der Waals surface area contributed by atoms with Gasteiger partial charge in [0.05, 0.1) is 18.8 Å². The van der Waals surface area contributed by atoms with Crippen LogP contribution in [0.25, 0.3) is 0 Å². The van der Waals surface area contributed by atoms with Gasteiger partial charge in [-0.25, -0.2) is 4.79 Å². The molecule has 0 radical (unpaired) electrons. The summed E-state index contributed by atoms with van der Waals surface area (Å²) in [4.78, 5) is 14.6. The molecule has 2 aromatic rings. The van der Waals surface area contributed by atoms with Crippen molar-refractivity contribution in [3.05, 3.63) is 47.8 Å². The lowest BCUT2D eigenvalue weighted by Crippen LogP contribution is -2.47. The van der Waals surface area contributed by atoms with Gasteiger partial charge >= 0.3 is 6.03 Å². The van der Waals surface area contributed by atoms with Gasteiger partial charge in [-0.3, -0.25) is 5.10 Å². The summed E-state index contributed by atoms with van der Waals surface area (Å²) < 4.78 is 5.90. The second-order valence-electron chi connectivity index (χ2n) is 6.47. The number of H-pyrrole nitrogens is 1. The minimum atomic E-state index is -0.0135. The van der Waals surface area contributed by atoms with Crippen molar-refractivity contribution in [3.8, 4) is 5.75 Å². The van der Waals surface area contributed by atoms with Crippen LogP contribution < -0.4 is 10.1 Å². The molecule has 4 rings (SSSR count). The molecule has 2 aliphatic heterocycles. The molecule has 2 atom stereocenters. The number of benzene rings is 1. The number of fused-ring (bicyclic) bond motifs is 1. The topological polar surface area (TPSA) is 70.2 Å². The second-order valence-corrected chi connectivity index (χ2v) is 6.47. The Labute approximate surface area is 141 Å². The predicted molar refractivity (Wildman–Crippen MR) is 89.8 cm³/mol. The molecule has 6 nitrogen and oxygen atoms in total. The highest BCUT2D eigenvalue weighted by molar-refractivity contribution is 5.75. The van der Waals surface area contributed by atoms with E-state index in [2.05, 4.69) is 21.6 Å². The number of nitrogens with one attached hydrogen (secondary N) is 2. The summed E-state index contributed by atoms with van der Waals surface area (Å²) in [6, 6.07) is 8.16. The van der Waals surface area contributed by atoms with Gasteiger partial charge in [-0.05, 0) is 30.9 Å². The van der Waals surface area contributed by atoms with Gasteiger partial charge in [0.25, 0.3) is 0 Å². The number of carbonyl (C=O) groups is 1. The van der Waals surface area contributed by atoms with Gasteiger partial charge in [-0.1, -0.05) is 18.2 Å². The predicted octanol–water partition coefficient (Wildman–Crippen LogP) is 2.65. The van der Waals surface area contributed by atoms with Gasteiger partial charge in [0.2, 0.25) is 0 Å². The molecule has 0 unspecified atom stereocenters. The molecule has 1 aromatic carbocycles. The molecule has 1 fully saturated rings. The zero-order chi connectivity index (χ0) is 16.4. The number of urea groups is 1. The summed E-state index contributed by atoms with van der Waals surface area (Å²) in [6.45, 7) is 1.32. The number of aromatic nitrogens is 2. The van der Waals surface area contributed by atoms with Gasteiger partial charge in [0.1, 0.15) is 11.9 Å². The number of hydrogen-bond acceptors (Lipinski definition) is 3. The van der Waals surface area contributed by atoms with Gasteiger partial charge in [0.15, 0.2) is 0 Å². The molecule has 3 heterocycles. The Hall–Kier alpha value is -2.50. The number of carbonyl (C=O) groups excluding carboxylic acids is 1. The number of para-hydroxylation sites is 1. The maximum Gasteiger partial charge on any atom is 0.318 e. The zero-order valence-electron chi connectivity index (χ0n) is 13.6. The van der Waals surface area contributed by atoms with Gasteiger partial charge in [-0.15, -0.1) is 0 Å². The first-order valence-corrected chi connectivity index (χ1v) is 8.59. The van der Waals surface area contributed by atoms with Crippen molar-refractivity contribution in [1.82, 2.24) is 20.4 Å². The van der Waals surface area contributed by atoms with Gasteiger partial charge in [-0.2, -0.15) is 5.10 Å². The Balaban J connectivity index is 1.36. The lowest BCUT2D eigenvalue weighted by Gasteiger charge is -2.35. The number of ether oxygens (including phenoxy) is 1. The van der Waals surface area contributed by atoms with Crippen molar-refractivity contribution in [2.24, 2.45) is 0 Å². The van der Waals surface area contributed by atoms with E-state index in [0.717, 1.165) is 43.5 Å². The third-order valence-corrected chi connectivity index (χ3v) is 4.86. The lowest BCUT2D eigenvalue weighted by atomic mass is 9.98. The fraction of sp³-hybridized carbons (Fsp3) is 0.444. The van der Waals surface area contributed by atoms with Crippen molar-refractivity contribution in [2.75, 3.05) is 13.1 Å². The van der Waals surface area contributed by atoms with Crippen LogP contribution in [-0.2, 0) is 6.42 Å². The van der Waals surface area contributed by atoms with Crippen LogP contribution in [0.5, 0.6) is 5.75 Å². The van der Waals surface area contributed by atoms with Crippen molar-refractivity contribution >= 4 is 6.03 Å². The molecule has 2 N–H and O–H groups in total. The number of piperidine rings is 1. The van der Waals surface area contributed by atoms with Crippen LogP contribution in [0.15, 0.2) is 36.7 Å². The first kappa shape index (κ1) is 15.1. The Bertz CT molecular complexity index is 676. The van der Waals surface area contributed by atoms with E-state index in [1.54, 1.807) is 0 Å². The smallest absolute Gasteiger partial charge is 0.318 e. The molecule has 0 saturated carbocycles. The number of amides is 2. The van der Waals surface area contributed by atoms with Crippen molar-refractivity contribution in [1.29, 1.82) is 0 Å². The van der Waals surface area contributed by atoms with Gasteiger partial charge < -0.3 is 15.0 Å². The molecule has 1 saturated heterocycles. The molecular weight excluding hydrogens is 304 g/mol. The summed E-state index contributed by atoms with van der Waals surface area (Å²) in [5.41, 5.74) is 2.29. The second kappa shape index (κ2) is 6.55. The number of aromatic amines is 1. The Morgan fingerprint density at radius 1 is 1.38 bits per heavy atom. The van der Waals surface area contributed by atoms with Gasteiger partial charge in [0, 0.05) is 24.7 Å². The van der Waals surface area contributed by atoms with Crippen LogP contribution in [0.1, 0.15) is 36.4 Å². The highest BCUT2D eigenvalue weighted by atomic mass is 16.5. The first-order valence-electron chi connectivity index (χ1n) is 8.59. The third kappa shape index (κ3) is 2.96. The maximum atomic E-state index is 12.7. The number of likely N-dealkylation sites (tertiary alicyclic amines) is 1. The molecule has 126 valence electrons. The van der Waals surface area contributed by atoms with E-state index in [-0.39, 0.29) is 18.2 Å². The van der Waals surface area contributed by atoms with E-state index in [1.165, 1.54) is 5.56 Å². The van der Waals surface area contributed by atoms with Crippen molar-refractivity contribution in [2.45, 2.75) is 37.8 Å². The van der Waals surface area contributed by atoms with Crippen LogP contribution in [0, 0.1) is 0 Å². The summed E-state index contributed by atoms with van der Waals surface area (Å²) in [5.74, 6) is 0.936. The molecule has 0 aliphatic carbocycles.